The highest BCUT2D eigenvalue weighted by molar-refractivity contribution is 8.15. The van der Waals surface area contributed by atoms with E-state index in [0.29, 0.717) is 23.2 Å². The second kappa shape index (κ2) is 9.22. The summed E-state index contributed by atoms with van der Waals surface area (Å²) >= 11 is 1.42. The third kappa shape index (κ3) is 4.41. The summed E-state index contributed by atoms with van der Waals surface area (Å²) in [4.78, 5) is 14.5. The number of carbonyl (C=O) groups excluding carboxylic acids is 1. The van der Waals surface area contributed by atoms with Gasteiger partial charge in [0.1, 0.15) is 11.5 Å². The molecule has 0 aliphatic carbocycles. The maximum atomic E-state index is 12.8. The summed E-state index contributed by atoms with van der Waals surface area (Å²) in [6.07, 6.45) is 1.62. The number of ether oxygens (including phenoxy) is 2. The Morgan fingerprint density at radius 2 is 1.87 bits per heavy atom. The van der Waals surface area contributed by atoms with Crippen molar-refractivity contribution in [2.24, 2.45) is 10.2 Å². The van der Waals surface area contributed by atoms with Crippen molar-refractivity contribution in [2.45, 2.75) is 18.7 Å². The highest BCUT2D eigenvalue weighted by atomic mass is 32.2. The van der Waals surface area contributed by atoms with Crippen LogP contribution >= 0.6 is 11.8 Å². The SMILES string of the molecule is COc1ccc(C=NN=C2SC(C)C(=O)N2Cc2cccc3ccccc23)c(OC)c1. The molecule has 0 N–H and O–H groups in total. The van der Waals surface area contributed by atoms with E-state index in [1.54, 1.807) is 31.4 Å². The highest BCUT2D eigenvalue weighted by Gasteiger charge is 2.35. The summed E-state index contributed by atoms with van der Waals surface area (Å²) in [6, 6.07) is 19.8. The fourth-order valence-corrected chi connectivity index (χ4v) is 4.40. The summed E-state index contributed by atoms with van der Waals surface area (Å²) in [5.41, 5.74) is 1.85. The third-order valence-corrected chi connectivity index (χ3v) is 6.18. The molecule has 1 saturated heterocycles. The molecule has 1 aliphatic rings. The summed E-state index contributed by atoms with van der Waals surface area (Å²) in [5.74, 6) is 1.38. The molecule has 31 heavy (non-hydrogen) atoms. The van der Waals surface area contributed by atoms with Crippen molar-refractivity contribution in [2.75, 3.05) is 14.2 Å². The van der Waals surface area contributed by atoms with E-state index in [9.17, 15) is 4.79 Å². The van der Waals surface area contributed by atoms with Crippen molar-refractivity contribution in [3.63, 3.8) is 0 Å². The summed E-state index contributed by atoms with van der Waals surface area (Å²) in [5, 5.41) is 11.3. The number of fused-ring (bicyclic) bond motifs is 1. The molecule has 0 saturated carbocycles. The Hall–Kier alpha value is -3.32. The van der Waals surface area contributed by atoms with Crippen molar-refractivity contribution < 1.29 is 14.3 Å². The molecule has 4 rings (SSSR count). The lowest BCUT2D eigenvalue weighted by atomic mass is 10.0. The lowest BCUT2D eigenvalue weighted by molar-refractivity contribution is -0.126. The molecule has 0 radical (unpaired) electrons. The Balaban J connectivity index is 1.60. The van der Waals surface area contributed by atoms with Gasteiger partial charge in [0.2, 0.25) is 5.91 Å². The summed E-state index contributed by atoms with van der Waals surface area (Å²) in [7, 11) is 3.20. The van der Waals surface area contributed by atoms with Gasteiger partial charge < -0.3 is 9.47 Å². The van der Waals surface area contributed by atoms with Gasteiger partial charge in [-0.15, -0.1) is 5.10 Å². The van der Waals surface area contributed by atoms with E-state index in [-0.39, 0.29) is 11.2 Å². The molecule has 158 valence electrons. The number of hydrogen-bond donors (Lipinski definition) is 0. The maximum Gasteiger partial charge on any atom is 0.242 e. The molecule has 0 spiro atoms. The largest absolute Gasteiger partial charge is 0.497 e. The molecule has 1 unspecified atom stereocenters. The molecule has 1 amide bonds. The second-order valence-electron chi connectivity index (χ2n) is 7.06. The molecule has 1 heterocycles. The first-order chi connectivity index (χ1) is 15.1. The molecule has 3 aromatic rings. The summed E-state index contributed by atoms with van der Waals surface area (Å²) < 4.78 is 10.6. The Kier molecular flexibility index (Phi) is 6.23. The van der Waals surface area contributed by atoms with Gasteiger partial charge in [0.25, 0.3) is 0 Å². The van der Waals surface area contributed by atoms with E-state index in [1.165, 1.54) is 11.8 Å². The quantitative estimate of drug-likeness (QED) is 0.417. The molecular formula is C24H23N3O3S. The van der Waals surface area contributed by atoms with Crippen molar-refractivity contribution in [3.05, 3.63) is 71.8 Å². The summed E-state index contributed by atoms with van der Waals surface area (Å²) in [6.45, 7) is 2.35. The van der Waals surface area contributed by atoms with Crippen LogP contribution in [0.1, 0.15) is 18.1 Å². The van der Waals surface area contributed by atoms with Gasteiger partial charge in [-0.2, -0.15) is 5.10 Å². The number of methoxy groups -OCH3 is 2. The Morgan fingerprint density at radius 3 is 2.68 bits per heavy atom. The van der Waals surface area contributed by atoms with Crippen LogP contribution in [0.2, 0.25) is 0 Å². The maximum absolute atomic E-state index is 12.8. The van der Waals surface area contributed by atoms with Crippen LogP contribution in [0.15, 0.2) is 70.9 Å². The van der Waals surface area contributed by atoms with Gasteiger partial charge in [0.05, 0.1) is 32.2 Å². The molecule has 6 nitrogen and oxygen atoms in total. The lowest BCUT2D eigenvalue weighted by Crippen LogP contribution is -2.30. The van der Waals surface area contributed by atoms with Gasteiger partial charge in [-0.1, -0.05) is 54.2 Å². The van der Waals surface area contributed by atoms with Crippen LogP contribution in [0.4, 0.5) is 0 Å². The van der Waals surface area contributed by atoms with E-state index < -0.39 is 0 Å². The minimum atomic E-state index is -0.195. The van der Waals surface area contributed by atoms with Crippen LogP contribution in [-0.2, 0) is 11.3 Å². The predicted octanol–water partition coefficient (Wildman–Crippen LogP) is 4.71. The van der Waals surface area contributed by atoms with Gasteiger partial charge in [-0.05, 0) is 35.4 Å². The molecular weight excluding hydrogens is 410 g/mol. The predicted molar refractivity (Wildman–Crippen MR) is 126 cm³/mol. The average Bonchev–Trinajstić information content (AvgIpc) is 3.07. The van der Waals surface area contributed by atoms with Crippen LogP contribution < -0.4 is 9.47 Å². The van der Waals surface area contributed by atoms with E-state index in [4.69, 9.17) is 9.47 Å². The number of carbonyl (C=O) groups is 1. The number of rotatable bonds is 6. The van der Waals surface area contributed by atoms with Gasteiger partial charge in [0, 0.05) is 11.6 Å². The molecule has 0 aromatic heterocycles. The Labute approximate surface area is 185 Å². The molecule has 3 aromatic carbocycles. The fraction of sp³-hybridized carbons (Fsp3) is 0.208. The third-order valence-electron chi connectivity index (χ3n) is 5.12. The normalized spacial score (nSPS) is 17.8. The van der Waals surface area contributed by atoms with Crippen LogP contribution in [0.5, 0.6) is 11.5 Å². The van der Waals surface area contributed by atoms with Crippen LogP contribution in [0, 0.1) is 0 Å². The van der Waals surface area contributed by atoms with E-state index in [2.05, 4.69) is 28.4 Å². The smallest absolute Gasteiger partial charge is 0.242 e. The van der Waals surface area contributed by atoms with Gasteiger partial charge >= 0.3 is 0 Å². The zero-order chi connectivity index (χ0) is 21.8. The Morgan fingerprint density at radius 1 is 1.06 bits per heavy atom. The van der Waals surface area contributed by atoms with E-state index in [0.717, 1.165) is 21.9 Å². The van der Waals surface area contributed by atoms with Crippen molar-refractivity contribution in [1.29, 1.82) is 0 Å². The minimum absolute atomic E-state index is 0.0360. The van der Waals surface area contributed by atoms with Crippen molar-refractivity contribution in [1.82, 2.24) is 4.90 Å². The fourth-order valence-electron chi connectivity index (χ4n) is 3.48. The number of amidine groups is 1. The number of hydrogen-bond acceptors (Lipinski definition) is 6. The van der Waals surface area contributed by atoms with Gasteiger partial charge in [-0.3, -0.25) is 9.69 Å². The number of thioether (sulfide) groups is 1. The molecule has 1 aliphatic heterocycles. The van der Waals surface area contributed by atoms with Crippen LogP contribution in [-0.4, -0.2) is 41.7 Å². The monoisotopic (exact) mass is 433 g/mol. The van der Waals surface area contributed by atoms with Crippen LogP contribution in [0.3, 0.4) is 0 Å². The average molecular weight is 434 g/mol. The lowest BCUT2D eigenvalue weighted by Gasteiger charge is -2.17. The molecule has 1 atom stereocenters. The van der Waals surface area contributed by atoms with E-state index in [1.807, 2.05) is 43.3 Å². The van der Waals surface area contributed by atoms with Crippen molar-refractivity contribution >= 4 is 39.8 Å². The first-order valence-corrected chi connectivity index (χ1v) is 10.8. The number of nitrogens with zero attached hydrogens (tertiary/aromatic N) is 3. The minimum Gasteiger partial charge on any atom is -0.497 e. The molecule has 7 heteroatoms. The number of amides is 1. The molecule has 1 fully saturated rings. The molecule has 0 bridgehead atoms. The topological polar surface area (TPSA) is 63.5 Å². The van der Waals surface area contributed by atoms with Crippen LogP contribution in [0.25, 0.3) is 10.8 Å². The zero-order valence-corrected chi connectivity index (χ0v) is 18.4. The second-order valence-corrected chi connectivity index (χ2v) is 8.37. The first-order valence-electron chi connectivity index (χ1n) is 9.88. The van der Waals surface area contributed by atoms with E-state index >= 15 is 0 Å². The van der Waals surface area contributed by atoms with Gasteiger partial charge in [-0.25, -0.2) is 0 Å². The zero-order valence-electron chi connectivity index (χ0n) is 17.6. The number of benzene rings is 3. The first kappa shape index (κ1) is 20.9. The Bertz CT molecular complexity index is 1170. The highest BCUT2D eigenvalue weighted by Crippen LogP contribution is 2.30. The van der Waals surface area contributed by atoms with Gasteiger partial charge in [0.15, 0.2) is 5.17 Å². The van der Waals surface area contributed by atoms with Crippen molar-refractivity contribution in [3.8, 4) is 11.5 Å². The standard InChI is InChI=1S/C24H23N3O3S/c1-16-23(28)27(15-19-9-6-8-17-7-4-5-10-21(17)19)24(31-16)26-25-14-18-11-12-20(29-2)13-22(18)30-3/h4-14,16H,15H2,1-3H3.